The Morgan fingerprint density at radius 2 is 0.857 bits per heavy atom. The Morgan fingerprint density at radius 3 is 1.19 bits per heavy atom. The highest BCUT2D eigenvalue weighted by Gasteiger charge is 2.53. The lowest BCUT2D eigenvalue weighted by Gasteiger charge is -2.25. The third-order valence-electron chi connectivity index (χ3n) is 6.84. The molecule has 0 saturated heterocycles. The average Bonchev–Trinajstić information content (AvgIpc) is 3.54. The topological polar surface area (TPSA) is 90.9 Å². The van der Waals surface area contributed by atoms with Gasteiger partial charge in [-0.15, -0.1) is 23.5 Å². The van der Waals surface area contributed by atoms with Crippen LogP contribution in [0.5, 0.6) is 46.0 Å². The Labute approximate surface area is 270 Å². The van der Waals surface area contributed by atoms with Gasteiger partial charge in [0.1, 0.15) is 0 Å². The van der Waals surface area contributed by atoms with Crippen LogP contribution in [0.2, 0.25) is 0 Å². The van der Waals surface area contributed by atoms with Crippen molar-refractivity contribution in [1.29, 1.82) is 0 Å². The zero-order valence-corrected chi connectivity index (χ0v) is 29.8. The minimum Gasteiger partial charge on any atom is -0.449 e. The summed E-state index contributed by atoms with van der Waals surface area (Å²) >= 11 is 10.4. The third kappa shape index (κ3) is 4.68. The molecule has 0 fully saturated rings. The van der Waals surface area contributed by atoms with Crippen LogP contribution < -0.4 is 37.9 Å². The van der Waals surface area contributed by atoms with Gasteiger partial charge in [-0.3, -0.25) is 4.79 Å². The van der Waals surface area contributed by atoms with Crippen molar-refractivity contribution >= 4 is 61.2 Å². The van der Waals surface area contributed by atoms with E-state index in [0.29, 0.717) is 57.1 Å². The summed E-state index contributed by atoms with van der Waals surface area (Å²) in [5.41, 5.74) is 0.932. The van der Waals surface area contributed by atoms with Gasteiger partial charge in [0.15, 0.2) is 55.0 Å². The van der Waals surface area contributed by atoms with Gasteiger partial charge < -0.3 is 37.9 Å². The molecule has 2 aromatic rings. The molecule has 0 radical (unpaired) electrons. The maximum absolute atomic E-state index is 14.5. The number of hydrogen-bond donors (Lipinski definition) is 0. The Balaban J connectivity index is 1.50. The monoisotopic (exact) mass is 746 g/mol. The molecule has 0 amide bonds. The van der Waals surface area contributed by atoms with E-state index in [-0.39, 0.29) is 12.2 Å². The Bertz CT molecular complexity index is 1460. The van der Waals surface area contributed by atoms with E-state index in [0.717, 1.165) is 9.79 Å². The van der Waals surface area contributed by atoms with Gasteiger partial charge in [-0.05, 0) is 12.5 Å². The predicted molar refractivity (Wildman–Crippen MR) is 166 cm³/mol. The summed E-state index contributed by atoms with van der Waals surface area (Å²) in [5, 5.41) is 0. The summed E-state index contributed by atoms with van der Waals surface area (Å²) in [5.74, 6) is -0.440. The van der Waals surface area contributed by atoms with Gasteiger partial charge in [0.2, 0.25) is 23.1 Å². The van der Waals surface area contributed by atoms with Gasteiger partial charge in [-0.25, -0.2) is 0 Å². The molecule has 9 nitrogen and oxygen atoms in total. The molecular weight excluding hydrogens is 716 g/mol. The largest absolute Gasteiger partial charge is 0.449 e. The molecule has 0 atom stereocenters. The summed E-state index contributed by atoms with van der Waals surface area (Å²) in [6.45, 7) is 14.5. The van der Waals surface area contributed by atoms with E-state index >= 15 is 0 Å². The van der Waals surface area contributed by atoms with Crippen LogP contribution in [0, 0.1) is 0 Å². The number of carbonyl (C=O) groups excluding carboxylic acids is 1. The van der Waals surface area contributed by atoms with Crippen molar-refractivity contribution in [2.45, 2.75) is 98.0 Å². The zero-order chi connectivity index (χ0) is 30.8. The third-order valence-corrected chi connectivity index (χ3v) is 10.1. The normalized spacial score (nSPS) is 20.7. The van der Waals surface area contributed by atoms with Crippen molar-refractivity contribution in [2.75, 3.05) is 12.5 Å². The molecule has 0 N–H and O–H groups in total. The number of ketones is 1. The summed E-state index contributed by atoms with van der Waals surface area (Å²) in [6.07, 6.45) is 3.74. The van der Waals surface area contributed by atoms with Crippen molar-refractivity contribution in [2.24, 2.45) is 0 Å². The number of alkyl halides is 2. The molecule has 4 aliphatic rings. The van der Waals surface area contributed by atoms with E-state index < -0.39 is 26.4 Å². The number of benzene rings is 2. The highest BCUT2D eigenvalue weighted by Crippen LogP contribution is 2.65. The average molecular weight is 749 g/mol. The number of rotatable bonds is 6. The molecule has 0 unspecified atom stereocenters. The van der Waals surface area contributed by atoms with Gasteiger partial charge in [0, 0.05) is 61.8 Å². The van der Waals surface area contributed by atoms with E-state index in [4.69, 9.17) is 37.9 Å². The Morgan fingerprint density at radius 1 is 0.571 bits per heavy atom. The molecule has 4 heterocycles. The first kappa shape index (κ1) is 30.2. The fraction of sp³-hybridized carbons (Fsp3) is 0.552. The van der Waals surface area contributed by atoms with Gasteiger partial charge in [0.05, 0.1) is 20.9 Å². The lowest BCUT2D eigenvalue weighted by Crippen LogP contribution is -2.32. The summed E-state index contributed by atoms with van der Waals surface area (Å²) in [6, 6.07) is 0. The molecule has 0 spiro atoms. The molecule has 0 bridgehead atoms. The summed E-state index contributed by atoms with van der Waals surface area (Å²) in [4.78, 5) is 16.0. The number of Topliss-reactive ketones (excluding diaryl/α,β-unsaturated/α-hetero) is 1. The van der Waals surface area contributed by atoms with Crippen LogP contribution in [-0.2, 0) is 14.4 Å². The number of halogens is 2. The van der Waals surface area contributed by atoms with Crippen molar-refractivity contribution in [3.05, 3.63) is 11.1 Å². The van der Waals surface area contributed by atoms with Crippen LogP contribution in [-0.4, -0.2) is 41.4 Å². The second-order valence-corrected chi connectivity index (χ2v) is 17.2. The van der Waals surface area contributed by atoms with Crippen LogP contribution in [0.15, 0.2) is 9.79 Å². The molecule has 228 valence electrons. The zero-order valence-electron chi connectivity index (χ0n) is 25.0. The summed E-state index contributed by atoms with van der Waals surface area (Å²) < 4.78 is 48.5. The second-order valence-electron chi connectivity index (χ2n) is 12.1. The first-order valence-corrected chi connectivity index (χ1v) is 17.3. The molecule has 13 heteroatoms. The van der Waals surface area contributed by atoms with Crippen molar-refractivity contribution in [1.82, 2.24) is 0 Å². The van der Waals surface area contributed by atoms with Crippen LogP contribution in [0.25, 0.3) is 0 Å². The van der Waals surface area contributed by atoms with E-state index in [1.165, 1.54) is 23.5 Å². The van der Waals surface area contributed by atoms with Crippen LogP contribution in [0.1, 0.15) is 66.5 Å². The lowest BCUT2D eigenvalue weighted by molar-refractivity contribution is -0.119. The minimum atomic E-state index is -1.49. The first-order valence-electron chi connectivity index (χ1n) is 13.3. The molecule has 2 aromatic carbocycles. The number of hydrogen-bond acceptors (Lipinski definition) is 11. The van der Waals surface area contributed by atoms with Gasteiger partial charge in [-0.1, -0.05) is 31.9 Å². The van der Waals surface area contributed by atoms with E-state index in [2.05, 4.69) is 31.9 Å². The summed E-state index contributed by atoms with van der Waals surface area (Å²) in [7, 11) is 0. The van der Waals surface area contributed by atoms with Crippen molar-refractivity contribution in [3.8, 4) is 46.0 Å². The molecule has 6 rings (SSSR count). The SMILES string of the molecule is CSc1c2c(c(CC(=O)C(Br)(Br)c3c4c(c(SC)c5c3OC(C)(C)O5)OC(C)(C)O4)c3c1OC(C)(C)O3)OC(C)(C)O2. The fourth-order valence-electron chi connectivity index (χ4n) is 5.38. The van der Waals surface area contributed by atoms with E-state index in [9.17, 15) is 4.79 Å². The lowest BCUT2D eigenvalue weighted by atomic mass is 9.98. The second kappa shape index (κ2) is 9.34. The van der Waals surface area contributed by atoms with Crippen LogP contribution >= 0.6 is 55.4 Å². The van der Waals surface area contributed by atoms with Crippen LogP contribution in [0.3, 0.4) is 0 Å². The smallest absolute Gasteiger partial charge is 0.246 e. The maximum atomic E-state index is 14.5. The van der Waals surface area contributed by atoms with Gasteiger partial charge in [-0.2, -0.15) is 0 Å². The highest BCUT2D eigenvalue weighted by atomic mass is 79.9. The Hall–Kier alpha value is -1.83. The fourth-order valence-corrected chi connectivity index (χ4v) is 7.66. The molecule has 0 aliphatic carbocycles. The van der Waals surface area contributed by atoms with Gasteiger partial charge >= 0.3 is 0 Å². The van der Waals surface area contributed by atoms with E-state index in [1.54, 1.807) is 0 Å². The van der Waals surface area contributed by atoms with E-state index in [1.807, 2.05) is 67.9 Å². The Kier molecular flexibility index (Phi) is 6.72. The molecule has 0 aromatic heterocycles. The minimum absolute atomic E-state index is 0.114. The molecule has 4 aliphatic heterocycles. The predicted octanol–water partition coefficient (Wildman–Crippen LogP) is 7.91. The molecular formula is C29H32Br2O9S2. The van der Waals surface area contributed by atoms with Crippen molar-refractivity contribution < 1.29 is 42.7 Å². The molecule has 42 heavy (non-hydrogen) atoms. The molecule has 0 saturated carbocycles. The standard InChI is InChI=1S/C29H32Br2O9S2/c1-25(2)33-15-12(16-20(38-26(3,4)34-16)23(41-9)19(15)37-25)11-13(32)29(30,31)14-17-21(39-27(5,6)35-17)24(42-10)22-18(14)36-28(7,8)40-22/h11H2,1-10H3. The highest BCUT2D eigenvalue weighted by molar-refractivity contribution is 9.25. The quantitative estimate of drug-likeness (QED) is 0.213. The maximum Gasteiger partial charge on any atom is 0.246 e. The number of fused-ring (bicyclic) bond motifs is 4. The number of ether oxygens (including phenoxy) is 8. The number of carbonyl (C=O) groups is 1. The van der Waals surface area contributed by atoms with Crippen LogP contribution in [0.4, 0.5) is 0 Å². The van der Waals surface area contributed by atoms with Gasteiger partial charge in [0.25, 0.3) is 0 Å². The number of thioether (sulfide) groups is 2. The first-order chi connectivity index (χ1) is 19.3. The van der Waals surface area contributed by atoms with Crippen molar-refractivity contribution in [3.63, 3.8) is 0 Å².